The Labute approximate surface area is 189 Å². The van der Waals surface area contributed by atoms with E-state index in [1.54, 1.807) is 0 Å². The zero-order valence-corrected chi connectivity index (χ0v) is 18.5. The van der Waals surface area contributed by atoms with Crippen molar-refractivity contribution in [1.29, 1.82) is 0 Å². The van der Waals surface area contributed by atoms with Crippen LogP contribution in [0.3, 0.4) is 0 Å². The number of nitrogens with zero attached hydrogens (tertiary/aromatic N) is 3. The van der Waals surface area contributed by atoms with Crippen LogP contribution in [0.1, 0.15) is 5.69 Å². The number of amides is 2. The van der Waals surface area contributed by atoms with Crippen molar-refractivity contribution in [2.45, 2.75) is 11.4 Å². The van der Waals surface area contributed by atoms with Gasteiger partial charge in [0.15, 0.2) is 10.8 Å². The van der Waals surface area contributed by atoms with Gasteiger partial charge < -0.3 is 30.9 Å². The summed E-state index contributed by atoms with van der Waals surface area (Å²) in [6.45, 7) is -0.500. The van der Waals surface area contributed by atoms with Crippen LogP contribution < -0.4 is 45.7 Å². The van der Waals surface area contributed by atoms with Crippen molar-refractivity contribution in [2.24, 2.45) is 5.16 Å². The van der Waals surface area contributed by atoms with Crippen molar-refractivity contribution in [3.63, 3.8) is 0 Å². The van der Waals surface area contributed by atoms with E-state index in [0.29, 0.717) is 0 Å². The van der Waals surface area contributed by atoms with Crippen molar-refractivity contribution in [3.05, 3.63) is 22.3 Å². The van der Waals surface area contributed by atoms with Crippen LogP contribution in [-0.4, -0.2) is 69.4 Å². The Morgan fingerprint density at radius 3 is 2.82 bits per heavy atom. The number of fused-ring (bicyclic) bond motifs is 1. The minimum absolute atomic E-state index is 0. The topological polar surface area (TPSA) is 170 Å². The average Bonchev–Trinajstić information content (AvgIpc) is 3.08. The number of aliphatic hydroxyl groups is 1. The maximum atomic E-state index is 12.5. The van der Waals surface area contributed by atoms with Gasteiger partial charge in [0, 0.05) is 11.1 Å². The summed E-state index contributed by atoms with van der Waals surface area (Å²) in [5.74, 6) is -2.70. The van der Waals surface area contributed by atoms with E-state index < -0.39 is 35.8 Å². The Hall–Kier alpha value is -1.64. The number of carbonyl (C=O) groups is 3. The number of rotatable bonds is 6. The number of oxime groups is 1. The van der Waals surface area contributed by atoms with Crippen LogP contribution in [0.25, 0.3) is 0 Å². The largest absolute Gasteiger partial charge is 1.00 e. The number of hydrogen-bond donors (Lipinski definition) is 3. The first-order valence-corrected chi connectivity index (χ1v) is 9.44. The van der Waals surface area contributed by atoms with Crippen molar-refractivity contribution < 1.29 is 59.0 Å². The Morgan fingerprint density at radius 2 is 2.29 bits per heavy atom. The number of carbonyl (C=O) groups excluding carboxylic acids is 3. The summed E-state index contributed by atoms with van der Waals surface area (Å²) in [5.41, 5.74) is 5.42. The molecule has 0 spiro atoms. The molecule has 2 aliphatic heterocycles. The maximum absolute atomic E-state index is 12.5. The number of nitrogens with one attached hydrogen (secondary N) is 1. The Morgan fingerprint density at radius 1 is 1.57 bits per heavy atom. The molecule has 2 amide bonds. The van der Waals surface area contributed by atoms with Gasteiger partial charge in [0.05, 0.1) is 18.3 Å². The first-order chi connectivity index (χ1) is 12.9. The molecule has 1 aromatic heterocycles. The van der Waals surface area contributed by atoms with E-state index in [-0.39, 0.29) is 63.1 Å². The first-order valence-electron chi connectivity index (χ1n) is 7.51. The molecule has 1 saturated heterocycles. The van der Waals surface area contributed by atoms with Crippen LogP contribution in [0.15, 0.2) is 21.8 Å². The normalized spacial score (nSPS) is 21.4. The molecule has 1 aromatic rings. The molecule has 11 nitrogen and oxygen atoms in total. The van der Waals surface area contributed by atoms with E-state index in [1.807, 2.05) is 0 Å². The second kappa shape index (κ2) is 9.24. The van der Waals surface area contributed by atoms with Gasteiger partial charge in [0.2, 0.25) is 0 Å². The molecule has 0 bridgehead atoms. The smallest absolute Gasteiger partial charge is 0.543 e. The van der Waals surface area contributed by atoms with Gasteiger partial charge in [-0.3, -0.25) is 14.5 Å². The van der Waals surface area contributed by atoms with Crippen LogP contribution in [0.4, 0.5) is 5.13 Å². The molecule has 3 rings (SSSR count). The fraction of sp³-hybridized carbons (Fsp3) is 0.357. The van der Waals surface area contributed by atoms with Crippen molar-refractivity contribution in [1.82, 2.24) is 15.2 Å². The quantitative estimate of drug-likeness (QED) is 0.171. The Kier molecular flexibility index (Phi) is 7.47. The van der Waals surface area contributed by atoms with E-state index in [0.717, 1.165) is 16.2 Å². The molecule has 3 heterocycles. The molecule has 0 saturated carbocycles. The summed E-state index contributed by atoms with van der Waals surface area (Å²) in [6, 6.07) is -0.963. The molecular formula is C14H14N5NaO6S2. The van der Waals surface area contributed by atoms with Crippen LogP contribution in [0.5, 0.6) is 0 Å². The van der Waals surface area contributed by atoms with E-state index in [9.17, 15) is 24.6 Å². The number of anilines is 1. The molecule has 0 radical (unpaired) electrons. The fourth-order valence-electron chi connectivity index (χ4n) is 2.70. The van der Waals surface area contributed by atoms with E-state index in [2.05, 4.69) is 20.3 Å². The zero-order valence-electron chi connectivity index (χ0n) is 14.9. The van der Waals surface area contributed by atoms with Crippen molar-refractivity contribution in [3.8, 4) is 0 Å². The Bertz CT molecular complexity index is 872. The van der Waals surface area contributed by atoms with Gasteiger partial charge in [-0.2, -0.15) is 0 Å². The molecule has 14 heteroatoms. The summed E-state index contributed by atoms with van der Waals surface area (Å²) in [7, 11) is 1.25. The van der Waals surface area contributed by atoms with Gasteiger partial charge in [0.25, 0.3) is 11.8 Å². The first kappa shape index (κ1) is 22.6. The summed E-state index contributed by atoms with van der Waals surface area (Å²) >= 11 is 2.33. The third kappa shape index (κ3) is 4.04. The zero-order chi connectivity index (χ0) is 19.7. The number of hydrogen-bond acceptors (Lipinski definition) is 11. The molecular weight excluding hydrogens is 421 g/mol. The molecule has 2 aliphatic rings. The number of nitrogen functional groups attached to an aromatic ring is 1. The number of aromatic nitrogens is 1. The average molecular weight is 435 g/mol. The minimum atomic E-state index is -1.55. The number of β-lactam (4-membered cyclic amide) rings is 1. The molecule has 4 N–H and O–H groups in total. The van der Waals surface area contributed by atoms with Gasteiger partial charge >= 0.3 is 29.6 Å². The number of aliphatic hydroxyl groups excluding tert-OH is 1. The van der Waals surface area contributed by atoms with Crippen molar-refractivity contribution in [2.75, 3.05) is 25.2 Å². The van der Waals surface area contributed by atoms with Crippen LogP contribution in [0, 0.1) is 0 Å². The number of carboxylic acids is 1. The Balaban J connectivity index is 0.00000280. The number of aliphatic carboxylic acids is 1. The predicted molar refractivity (Wildman–Crippen MR) is 94.2 cm³/mol. The summed E-state index contributed by atoms with van der Waals surface area (Å²) in [4.78, 5) is 45.9. The number of nitrogens with two attached hydrogens (primary N) is 1. The monoisotopic (exact) mass is 435 g/mol. The summed E-state index contributed by atoms with van der Waals surface area (Å²) in [5, 5.41) is 27.9. The maximum Gasteiger partial charge on any atom is 1.00 e. The third-order valence-corrected chi connectivity index (χ3v) is 5.89. The molecule has 1 fully saturated rings. The predicted octanol–water partition coefficient (Wildman–Crippen LogP) is -5.52. The molecule has 144 valence electrons. The molecule has 0 aliphatic carbocycles. The second-order valence-electron chi connectivity index (χ2n) is 5.45. The number of carboxylic acid groups (broad SMARTS) is 1. The molecule has 0 aromatic carbocycles. The van der Waals surface area contributed by atoms with E-state index in [4.69, 9.17) is 5.73 Å². The van der Waals surface area contributed by atoms with Crippen LogP contribution in [-0.2, 0) is 19.2 Å². The van der Waals surface area contributed by atoms with Crippen LogP contribution in [0.2, 0.25) is 0 Å². The second-order valence-corrected chi connectivity index (χ2v) is 7.45. The van der Waals surface area contributed by atoms with Gasteiger partial charge in [-0.1, -0.05) is 5.16 Å². The van der Waals surface area contributed by atoms with E-state index >= 15 is 0 Å². The number of thioether (sulfide) groups is 1. The summed E-state index contributed by atoms with van der Waals surface area (Å²) in [6.07, 6.45) is 0. The number of thiazole rings is 1. The molecule has 28 heavy (non-hydrogen) atoms. The van der Waals surface area contributed by atoms with Gasteiger partial charge in [-0.25, -0.2) is 4.98 Å². The van der Waals surface area contributed by atoms with Gasteiger partial charge in [-0.05, 0) is 5.57 Å². The standard InChI is InChI=1S/C14H15N5O6S2.Na/c1-25-18-7(6-4-27-14(15)16-6)10(21)17-8-11(22)19-9(13(23)24)5(2-20)3-26-12(8)19;/h4,8,12,20H,2-3H2,1H3,(H2,15,16)(H,17,21)(H,23,24);/q;+1/p-1/b18-7-;/t8-,12+;/m1./s1. The van der Waals surface area contributed by atoms with Gasteiger partial charge in [0.1, 0.15) is 24.2 Å². The molecule has 0 unspecified atom stereocenters. The van der Waals surface area contributed by atoms with Gasteiger partial charge in [-0.15, -0.1) is 23.1 Å². The van der Waals surface area contributed by atoms with Crippen molar-refractivity contribution >= 4 is 51.7 Å². The van der Waals surface area contributed by atoms with E-state index in [1.165, 1.54) is 24.3 Å². The fourth-order valence-corrected chi connectivity index (χ4v) is 4.58. The third-order valence-electron chi connectivity index (χ3n) is 3.88. The summed E-state index contributed by atoms with van der Waals surface area (Å²) < 4.78 is 0. The van der Waals surface area contributed by atoms with Crippen LogP contribution >= 0.6 is 23.1 Å². The molecule has 2 atom stereocenters. The SMILES string of the molecule is CO/N=C(\C(=O)N[C@@H]1C(=O)N2C(C(=O)[O-])=C(CO)CS[C@@H]12)c1csc(N)n1.[Na+]. The minimum Gasteiger partial charge on any atom is -0.543 e.